The molecule has 0 spiro atoms. The number of halogens is 1. The molecule has 1 aliphatic heterocycles. The highest BCUT2D eigenvalue weighted by atomic mass is 32.2. The predicted octanol–water partition coefficient (Wildman–Crippen LogP) is 4.29. The van der Waals surface area contributed by atoms with Gasteiger partial charge >= 0.3 is 0 Å². The van der Waals surface area contributed by atoms with Crippen molar-refractivity contribution >= 4 is 39.2 Å². The van der Waals surface area contributed by atoms with Crippen LogP contribution >= 0.6 is 23.1 Å². The highest BCUT2D eigenvalue weighted by Gasteiger charge is 2.17. The van der Waals surface area contributed by atoms with Crippen LogP contribution in [0.4, 0.5) is 4.39 Å². The Labute approximate surface area is 170 Å². The Hall–Kier alpha value is -2.19. The van der Waals surface area contributed by atoms with E-state index in [-0.39, 0.29) is 23.0 Å². The summed E-state index contributed by atoms with van der Waals surface area (Å²) in [5.41, 5.74) is 1.28. The summed E-state index contributed by atoms with van der Waals surface area (Å²) in [4.78, 5) is 34.9. The molecule has 1 saturated heterocycles. The van der Waals surface area contributed by atoms with E-state index in [4.69, 9.17) is 0 Å². The molecule has 0 aliphatic carbocycles. The van der Waals surface area contributed by atoms with Crippen LogP contribution in [0.15, 0.2) is 39.6 Å². The number of carbonyl (C=O) groups excluding carboxylic acids is 1. The number of aromatic nitrogens is 2. The van der Waals surface area contributed by atoms with Gasteiger partial charge in [0.25, 0.3) is 5.56 Å². The Bertz CT molecular complexity index is 1040. The first kappa shape index (κ1) is 19.1. The Balaban J connectivity index is 1.52. The van der Waals surface area contributed by atoms with Gasteiger partial charge in [0.15, 0.2) is 5.16 Å². The fourth-order valence-corrected chi connectivity index (χ4v) is 5.15. The van der Waals surface area contributed by atoms with E-state index in [1.807, 2.05) is 10.3 Å². The number of amides is 1. The zero-order valence-electron chi connectivity index (χ0n) is 15.2. The van der Waals surface area contributed by atoms with Crippen LogP contribution in [0, 0.1) is 5.82 Å². The average molecular weight is 418 g/mol. The van der Waals surface area contributed by atoms with E-state index in [0.717, 1.165) is 37.1 Å². The summed E-state index contributed by atoms with van der Waals surface area (Å²) in [6.07, 6.45) is 4.46. The van der Waals surface area contributed by atoms with Crippen molar-refractivity contribution in [2.45, 2.75) is 30.8 Å². The Morgan fingerprint density at radius 2 is 1.89 bits per heavy atom. The standard InChI is InChI=1S/C20H20FN3O2S2/c21-14-7-5-13(6-8-14)15-11-27-19-17(15)18(26)22-20(23-19)28-12-16(25)24-9-3-1-2-4-10-24/h5-8,11H,1-4,9-10,12H2,(H,22,23,26). The molecule has 1 amide bonds. The van der Waals surface area contributed by atoms with Crippen molar-refractivity contribution in [2.75, 3.05) is 18.8 Å². The van der Waals surface area contributed by atoms with E-state index < -0.39 is 0 Å². The van der Waals surface area contributed by atoms with Crippen LogP contribution < -0.4 is 5.56 Å². The maximum Gasteiger partial charge on any atom is 0.260 e. The summed E-state index contributed by atoms with van der Waals surface area (Å²) < 4.78 is 13.2. The van der Waals surface area contributed by atoms with Crippen LogP contribution in [-0.2, 0) is 4.79 Å². The number of likely N-dealkylation sites (tertiary alicyclic amines) is 1. The van der Waals surface area contributed by atoms with Crippen molar-refractivity contribution in [3.8, 4) is 11.1 Å². The van der Waals surface area contributed by atoms with Gasteiger partial charge in [0.05, 0.1) is 11.1 Å². The molecule has 0 radical (unpaired) electrons. The van der Waals surface area contributed by atoms with Crippen molar-refractivity contribution in [3.63, 3.8) is 0 Å². The molecule has 1 aromatic carbocycles. The molecule has 0 saturated carbocycles. The lowest BCUT2D eigenvalue weighted by molar-refractivity contribution is -0.128. The maximum atomic E-state index is 13.2. The molecule has 4 rings (SSSR count). The van der Waals surface area contributed by atoms with Crippen molar-refractivity contribution in [3.05, 3.63) is 45.8 Å². The second-order valence-electron chi connectivity index (χ2n) is 6.79. The normalized spacial score (nSPS) is 15.0. The van der Waals surface area contributed by atoms with Gasteiger partial charge in [-0.25, -0.2) is 9.37 Å². The molecule has 1 aliphatic rings. The van der Waals surface area contributed by atoms with Crippen molar-refractivity contribution < 1.29 is 9.18 Å². The van der Waals surface area contributed by atoms with Gasteiger partial charge < -0.3 is 9.88 Å². The second kappa shape index (κ2) is 8.45. The van der Waals surface area contributed by atoms with Crippen molar-refractivity contribution in [1.29, 1.82) is 0 Å². The number of hydrogen-bond acceptors (Lipinski definition) is 5. The third kappa shape index (κ3) is 4.12. The summed E-state index contributed by atoms with van der Waals surface area (Å²) in [7, 11) is 0. The number of nitrogens with one attached hydrogen (secondary N) is 1. The first-order valence-electron chi connectivity index (χ1n) is 9.30. The minimum atomic E-state index is -0.317. The summed E-state index contributed by atoms with van der Waals surface area (Å²) >= 11 is 2.64. The molecule has 1 N–H and O–H groups in total. The number of H-pyrrole nitrogens is 1. The molecule has 146 valence electrons. The lowest BCUT2D eigenvalue weighted by Gasteiger charge is -2.19. The number of fused-ring (bicyclic) bond motifs is 1. The largest absolute Gasteiger partial charge is 0.342 e. The number of thiophene rings is 1. The van der Waals surface area contributed by atoms with Gasteiger partial charge in [-0.15, -0.1) is 11.3 Å². The average Bonchev–Trinajstić information content (AvgIpc) is 2.93. The zero-order valence-corrected chi connectivity index (χ0v) is 16.9. The third-order valence-electron chi connectivity index (χ3n) is 4.87. The van der Waals surface area contributed by atoms with E-state index in [9.17, 15) is 14.0 Å². The summed E-state index contributed by atoms with van der Waals surface area (Å²) in [5.74, 6) is 0.0425. The smallest absolute Gasteiger partial charge is 0.260 e. The Morgan fingerprint density at radius 1 is 1.18 bits per heavy atom. The monoisotopic (exact) mass is 417 g/mol. The first-order valence-corrected chi connectivity index (χ1v) is 11.2. The van der Waals surface area contributed by atoms with Gasteiger partial charge in [0, 0.05) is 24.0 Å². The van der Waals surface area contributed by atoms with Crippen LogP contribution in [0.25, 0.3) is 21.3 Å². The summed E-state index contributed by atoms with van der Waals surface area (Å²) in [6, 6.07) is 6.05. The van der Waals surface area contributed by atoms with Crippen LogP contribution in [-0.4, -0.2) is 39.6 Å². The predicted molar refractivity (Wildman–Crippen MR) is 111 cm³/mol. The molecule has 3 heterocycles. The van der Waals surface area contributed by atoms with Crippen LogP contribution in [0.1, 0.15) is 25.7 Å². The lowest BCUT2D eigenvalue weighted by Crippen LogP contribution is -2.33. The minimum Gasteiger partial charge on any atom is -0.342 e. The molecule has 2 aromatic heterocycles. The SMILES string of the molecule is O=C(CSc1nc2scc(-c3ccc(F)cc3)c2c(=O)[nH]1)N1CCCCCC1. The molecule has 8 heteroatoms. The summed E-state index contributed by atoms with van der Waals surface area (Å²) in [6.45, 7) is 1.63. The molecular formula is C20H20FN3O2S2. The van der Waals surface area contributed by atoms with Gasteiger partial charge in [-0.2, -0.15) is 0 Å². The van der Waals surface area contributed by atoms with E-state index in [1.165, 1.54) is 48.1 Å². The van der Waals surface area contributed by atoms with Crippen molar-refractivity contribution in [2.24, 2.45) is 0 Å². The minimum absolute atomic E-state index is 0.0906. The van der Waals surface area contributed by atoms with E-state index in [0.29, 0.717) is 15.4 Å². The molecule has 3 aromatic rings. The number of nitrogens with zero attached hydrogens (tertiary/aromatic N) is 2. The fourth-order valence-electron chi connectivity index (χ4n) is 3.38. The number of benzene rings is 1. The zero-order chi connectivity index (χ0) is 19.5. The van der Waals surface area contributed by atoms with E-state index >= 15 is 0 Å². The maximum absolute atomic E-state index is 13.2. The fraction of sp³-hybridized carbons (Fsp3) is 0.350. The van der Waals surface area contributed by atoms with Crippen LogP contribution in [0.5, 0.6) is 0 Å². The summed E-state index contributed by atoms with van der Waals surface area (Å²) in [5, 5.41) is 2.81. The molecule has 0 bridgehead atoms. The van der Waals surface area contributed by atoms with Crippen LogP contribution in [0.2, 0.25) is 0 Å². The highest BCUT2D eigenvalue weighted by molar-refractivity contribution is 7.99. The molecule has 0 unspecified atom stereocenters. The van der Waals surface area contributed by atoms with Gasteiger partial charge in [0.1, 0.15) is 10.6 Å². The third-order valence-corrected chi connectivity index (χ3v) is 6.60. The first-order chi connectivity index (χ1) is 13.6. The number of rotatable bonds is 4. The molecule has 1 fully saturated rings. The number of aromatic amines is 1. The van der Waals surface area contributed by atoms with Gasteiger partial charge in [-0.3, -0.25) is 9.59 Å². The molecule has 0 atom stereocenters. The highest BCUT2D eigenvalue weighted by Crippen LogP contribution is 2.31. The van der Waals surface area contributed by atoms with Crippen LogP contribution in [0.3, 0.4) is 0 Å². The quantitative estimate of drug-likeness (QED) is 0.508. The molecule has 5 nitrogen and oxygen atoms in total. The molecular weight excluding hydrogens is 397 g/mol. The van der Waals surface area contributed by atoms with E-state index in [1.54, 1.807) is 12.1 Å². The van der Waals surface area contributed by atoms with Gasteiger partial charge in [-0.05, 0) is 30.5 Å². The second-order valence-corrected chi connectivity index (χ2v) is 8.61. The number of thioether (sulfide) groups is 1. The number of carbonyl (C=O) groups is 1. The number of hydrogen-bond donors (Lipinski definition) is 1. The molecule has 28 heavy (non-hydrogen) atoms. The topological polar surface area (TPSA) is 66.1 Å². The van der Waals surface area contributed by atoms with Gasteiger partial charge in [0.2, 0.25) is 5.91 Å². The van der Waals surface area contributed by atoms with E-state index in [2.05, 4.69) is 9.97 Å². The van der Waals surface area contributed by atoms with Gasteiger partial charge in [-0.1, -0.05) is 36.7 Å². The lowest BCUT2D eigenvalue weighted by atomic mass is 10.1. The Kier molecular flexibility index (Phi) is 5.77. The Morgan fingerprint density at radius 3 is 2.61 bits per heavy atom. The van der Waals surface area contributed by atoms with Crippen molar-refractivity contribution in [1.82, 2.24) is 14.9 Å².